The average molecular weight is 388 g/mol. The molecule has 3 rings (SSSR count). The third-order valence-electron chi connectivity index (χ3n) is 4.88. The Morgan fingerprint density at radius 2 is 1.93 bits per heavy atom. The number of hydrogen-bond acceptors (Lipinski definition) is 4. The maximum absolute atomic E-state index is 12.6. The number of nitrogen functional groups attached to an aromatic ring is 1. The molecule has 4 N–H and O–H groups in total. The summed E-state index contributed by atoms with van der Waals surface area (Å²) < 4.78 is 25.5. The Balaban J connectivity index is 1.65. The van der Waals surface area contributed by atoms with Gasteiger partial charge >= 0.3 is 0 Å². The maximum Gasteiger partial charge on any atom is 0.251 e. The fraction of sp³-hybridized carbons (Fsp3) is 0.350. The number of nitrogens with one attached hydrogen (secondary N) is 2. The topological polar surface area (TPSA) is 101 Å². The zero-order valence-electron chi connectivity index (χ0n) is 15.4. The number of aryl methyl sites for hydroxylation is 1. The lowest BCUT2D eigenvalue weighted by atomic mass is 9.87. The van der Waals surface area contributed by atoms with Gasteiger partial charge in [0, 0.05) is 17.8 Å². The van der Waals surface area contributed by atoms with E-state index in [9.17, 15) is 13.2 Å². The molecule has 0 radical (unpaired) electrons. The smallest absolute Gasteiger partial charge is 0.251 e. The first-order chi connectivity index (χ1) is 12.9. The van der Waals surface area contributed by atoms with Crippen molar-refractivity contribution in [3.8, 4) is 0 Å². The fourth-order valence-corrected chi connectivity index (χ4v) is 3.89. The van der Waals surface area contributed by atoms with E-state index in [2.05, 4.69) is 10.0 Å². The van der Waals surface area contributed by atoms with Gasteiger partial charge in [-0.25, -0.2) is 13.1 Å². The number of carbonyl (C=O) groups is 1. The summed E-state index contributed by atoms with van der Waals surface area (Å²) >= 11 is 0. The van der Waals surface area contributed by atoms with E-state index in [0.717, 1.165) is 36.1 Å². The highest BCUT2D eigenvalue weighted by molar-refractivity contribution is 7.89. The summed E-state index contributed by atoms with van der Waals surface area (Å²) in [4.78, 5) is 12.6. The minimum absolute atomic E-state index is 0.0158. The van der Waals surface area contributed by atoms with E-state index in [1.807, 2.05) is 18.2 Å². The van der Waals surface area contributed by atoms with Crippen molar-refractivity contribution in [2.75, 3.05) is 11.5 Å². The molecule has 1 unspecified atom stereocenters. The van der Waals surface area contributed by atoms with Gasteiger partial charge < -0.3 is 11.1 Å². The Kier molecular flexibility index (Phi) is 5.82. The van der Waals surface area contributed by atoms with Gasteiger partial charge in [-0.2, -0.15) is 0 Å². The van der Waals surface area contributed by atoms with Gasteiger partial charge in [0.1, 0.15) is 0 Å². The molecule has 1 atom stereocenters. The van der Waals surface area contributed by atoms with Crippen molar-refractivity contribution in [2.24, 2.45) is 0 Å². The Bertz CT molecular complexity index is 924. The van der Waals surface area contributed by atoms with Gasteiger partial charge in [0.05, 0.1) is 11.8 Å². The number of amides is 1. The molecule has 0 saturated carbocycles. The van der Waals surface area contributed by atoms with Gasteiger partial charge in [-0.1, -0.05) is 18.2 Å². The van der Waals surface area contributed by atoms with Gasteiger partial charge in [0.15, 0.2) is 0 Å². The standard InChI is InChI=1S/C20H25N3O3S/c1-2-27(25,26)22-13-14-6-8-15(9-7-14)20(24)23-19-5-3-4-16-12-17(21)10-11-18(16)19/h6-12,19,22H,2-5,13,21H2,1H3,(H,23,24). The van der Waals surface area contributed by atoms with E-state index in [0.29, 0.717) is 5.56 Å². The van der Waals surface area contributed by atoms with E-state index < -0.39 is 10.0 Å². The van der Waals surface area contributed by atoms with Crippen LogP contribution >= 0.6 is 0 Å². The molecule has 27 heavy (non-hydrogen) atoms. The van der Waals surface area contributed by atoms with E-state index in [4.69, 9.17) is 5.73 Å². The van der Waals surface area contributed by atoms with Gasteiger partial charge in [-0.3, -0.25) is 4.79 Å². The molecule has 0 spiro atoms. The predicted molar refractivity (Wildman–Crippen MR) is 107 cm³/mol. The number of nitrogens with two attached hydrogens (primary N) is 1. The molecule has 0 aromatic heterocycles. The lowest BCUT2D eigenvalue weighted by Crippen LogP contribution is -2.31. The Morgan fingerprint density at radius 1 is 1.19 bits per heavy atom. The molecular formula is C20H25N3O3S. The van der Waals surface area contributed by atoms with Crippen LogP contribution in [0.25, 0.3) is 0 Å². The number of sulfonamides is 1. The van der Waals surface area contributed by atoms with Crippen molar-refractivity contribution < 1.29 is 13.2 Å². The number of benzene rings is 2. The van der Waals surface area contributed by atoms with Crippen LogP contribution in [0.2, 0.25) is 0 Å². The largest absolute Gasteiger partial charge is 0.399 e. The molecule has 1 amide bonds. The summed E-state index contributed by atoms with van der Waals surface area (Å²) in [5.74, 6) is -0.0903. The Morgan fingerprint density at radius 3 is 2.63 bits per heavy atom. The van der Waals surface area contributed by atoms with Crippen molar-refractivity contribution in [3.63, 3.8) is 0 Å². The van der Waals surface area contributed by atoms with Crippen molar-refractivity contribution in [3.05, 3.63) is 64.7 Å². The van der Waals surface area contributed by atoms with Crippen LogP contribution in [-0.4, -0.2) is 20.1 Å². The third-order valence-corrected chi connectivity index (χ3v) is 6.22. The molecule has 0 heterocycles. The molecular weight excluding hydrogens is 362 g/mol. The van der Waals surface area contributed by atoms with Crippen LogP contribution in [0.15, 0.2) is 42.5 Å². The molecule has 2 aromatic carbocycles. The second-order valence-electron chi connectivity index (χ2n) is 6.80. The van der Waals surface area contributed by atoms with Crippen LogP contribution in [0.5, 0.6) is 0 Å². The second-order valence-corrected chi connectivity index (χ2v) is 8.89. The summed E-state index contributed by atoms with van der Waals surface area (Å²) in [6.45, 7) is 1.81. The van der Waals surface area contributed by atoms with Crippen LogP contribution in [0.4, 0.5) is 5.69 Å². The summed E-state index contributed by atoms with van der Waals surface area (Å²) in [6, 6.07) is 12.8. The zero-order valence-corrected chi connectivity index (χ0v) is 16.2. The minimum atomic E-state index is -3.23. The molecule has 6 nitrogen and oxygen atoms in total. The van der Waals surface area contributed by atoms with Crippen LogP contribution in [0, 0.1) is 0 Å². The Hall–Kier alpha value is -2.38. The van der Waals surface area contributed by atoms with Crippen molar-refractivity contribution in [1.82, 2.24) is 10.0 Å². The summed E-state index contributed by atoms with van der Waals surface area (Å²) in [5, 5.41) is 3.10. The second kappa shape index (κ2) is 8.10. The molecule has 0 bridgehead atoms. The van der Waals surface area contributed by atoms with Crippen LogP contribution in [-0.2, 0) is 23.0 Å². The molecule has 0 aliphatic heterocycles. The van der Waals surface area contributed by atoms with E-state index in [1.54, 1.807) is 31.2 Å². The highest BCUT2D eigenvalue weighted by Crippen LogP contribution is 2.31. The van der Waals surface area contributed by atoms with Gasteiger partial charge in [0.2, 0.25) is 10.0 Å². The average Bonchev–Trinajstić information content (AvgIpc) is 2.67. The van der Waals surface area contributed by atoms with Gasteiger partial charge in [-0.15, -0.1) is 0 Å². The van der Waals surface area contributed by atoms with Crippen LogP contribution in [0.1, 0.15) is 52.9 Å². The molecule has 1 aliphatic rings. The third kappa shape index (κ3) is 4.87. The van der Waals surface area contributed by atoms with Gasteiger partial charge in [0.25, 0.3) is 5.91 Å². The Labute approximate surface area is 160 Å². The first kappa shape index (κ1) is 19.4. The van der Waals surface area contributed by atoms with E-state index in [1.165, 1.54) is 5.56 Å². The molecule has 0 fully saturated rings. The number of rotatable bonds is 6. The molecule has 0 saturated heterocycles. The summed E-state index contributed by atoms with van der Waals surface area (Å²) in [5.41, 5.74) is 10.3. The fourth-order valence-electron chi connectivity index (χ4n) is 3.30. The van der Waals surface area contributed by atoms with Crippen molar-refractivity contribution >= 4 is 21.6 Å². The van der Waals surface area contributed by atoms with Crippen LogP contribution in [0.3, 0.4) is 0 Å². The SMILES string of the molecule is CCS(=O)(=O)NCc1ccc(C(=O)NC2CCCc3cc(N)ccc32)cc1. The number of hydrogen-bond donors (Lipinski definition) is 3. The molecule has 1 aliphatic carbocycles. The van der Waals surface area contributed by atoms with Crippen molar-refractivity contribution in [1.29, 1.82) is 0 Å². The quantitative estimate of drug-likeness (QED) is 0.663. The highest BCUT2D eigenvalue weighted by atomic mass is 32.2. The number of fused-ring (bicyclic) bond motifs is 1. The van der Waals surface area contributed by atoms with Gasteiger partial charge in [-0.05, 0) is 67.1 Å². The van der Waals surface area contributed by atoms with E-state index in [-0.39, 0.29) is 24.2 Å². The predicted octanol–water partition coefficient (Wildman–Crippen LogP) is 2.52. The molecule has 7 heteroatoms. The van der Waals surface area contributed by atoms with Crippen molar-refractivity contribution in [2.45, 2.75) is 38.8 Å². The highest BCUT2D eigenvalue weighted by Gasteiger charge is 2.22. The minimum Gasteiger partial charge on any atom is -0.399 e. The normalized spacial score (nSPS) is 16.6. The molecule has 2 aromatic rings. The lowest BCUT2D eigenvalue weighted by molar-refractivity contribution is 0.0932. The maximum atomic E-state index is 12.6. The number of anilines is 1. The number of carbonyl (C=O) groups excluding carboxylic acids is 1. The van der Waals surface area contributed by atoms with Crippen LogP contribution < -0.4 is 15.8 Å². The first-order valence-electron chi connectivity index (χ1n) is 9.13. The molecule has 144 valence electrons. The summed E-state index contributed by atoms with van der Waals surface area (Å²) in [7, 11) is -3.23. The van der Waals surface area contributed by atoms with E-state index >= 15 is 0 Å². The monoisotopic (exact) mass is 387 g/mol. The summed E-state index contributed by atoms with van der Waals surface area (Å²) in [6.07, 6.45) is 2.90. The first-order valence-corrected chi connectivity index (χ1v) is 10.8. The zero-order chi connectivity index (χ0) is 19.4. The lowest BCUT2D eigenvalue weighted by Gasteiger charge is -2.26.